The van der Waals surface area contributed by atoms with Gasteiger partial charge < -0.3 is 54.2 Å². The lowest BCUT2D eigenvalue weighted by molar-refractivity contribution is -0.145. The van der Waals surface area contributed by atoms with Gasteiger partial charge in [-0.2, -0.15) is 0 Å². The largest absolute Gasteiger partial charge is 0.480 e. The van der Waals surface area contributed by atoms with Crippen molar-refractivity contribution >= 4 is 29.7 Å². The predicted octanol–water partition coefficient (Wildman–Crippen LogP) is -4.59. The number of aliphatic carboxylic acids is 1. The molecule has 0 rings (SSSR count). The van der Waals surface area contributed by atoms with Crippen LogP contribution < -0.4 is 38.9 Å². The first kappa shape index (κ1) is 31.0. The number of amides is 3. The number of rotatable bonds is 17. The molecule has 34 heavy (non-hydrogen) atoms. The molecule has 0 fully saturated rings. The van der Waals surface area contributed by atoms with E-state index in [0.717, 1.165) is 0 Å². The Morgan fingerprint density at radius 2 is 1.50 bits per heavy atom. The summed E-state index contributed by atoms with van der Waals surface area (Å²) in [5, 5.41) is 35.2. The fourth-order valence-corrected chi connectivity index (χ4v) is 2.80. The lowest BCUT2D eigenvalue weighted by atomic mass is 10.1. The number of nitrogens with two attached hydrogens (primary N) is 4. The summed E-state index contributed by atoms with van der Waals surface area (Å²) in [5.74, 6) is -3.98. The number of carbonyl (C=O) groups is 4. The molecule has 0 saturated carbocycles. The van der Waals surface area contributed by atoms with Crippen LogP contribution in [-0.4, -0.2) is 94.9 Å². The van der Waals surface area contributed by atoms with Gasteiger partial charge in [0.1, 0.15) is 12.1 Å². The highest BCUT2D eigenvalue weighted by molar-refractivity contribution is 5.94. The van der Waals surface area contributed by atoms with Gasteiger partial charge in [-0.3, -0.25) is 19.4 Å². The monoisotopic (exact) mass is 490 g/mol. The fourth-order valence-electron chi connectivity index (χ4n) is 2.80. The van der Waals surface area contributed by atoms with Gasteiger partial charge in [-0.15, -0.1) is 0 Å². The van der Waals surface area contributed by atoms with Crippen LogP contribution in [0.4, 0.5) is 0 Å². The second kappa shape index (κ2) is 16.6. The zero-order valence-electron chi connectivity index (χ0n) is 19.3. The summed E-state index contributed by atoms with van der Waals surface area (Å²) in [4.78, 5) is 52.5. The summed E-state index contributed by atoms with van der Waals surface area (Å²) >= 11 is 0. The molecule has 15 nitrogen and oxygen atoms in total. The minimum Gasteiger partial charge on any atom is -0.480 e. The number of carboxylic acid groups (broad SMARTS) is 1. The maximum absolute atomic E-state index is 12.6. The van der Waals surface area contributed by atoms with Gasteiger partial charge in [0, 0.05) is 6.54 Å². The van der Waals surface area contributed by atoms with E-state index in [9.17, 15) is 29.4 Å². The summed E-state index contributed by atoms with van der Waals surface area (Å²) in [5.41, 5.74) is 21.7. The van der Waals surface area contributed by atoms with E-state index in [2.05, 4.69) is 20.9 Å². The number of nitrogens with zero attached hydrogens (tertiary/aromatic N) is 1. The van der Waals surface area contributed by atoms with Crippen LogP contribution in [0.2, 0.25) is 0 Å². The number of nitrogens with one attached hydrogen (secondary N) is 3. The van der Waals surface area contributed by atoms with Gasteiger partial charge in [0.2, 0.25) is 17.7 Å². The Bertz CT molecular complexity index is 700. The predicted molar refractivity (Wildman–Crippen MR) is 123 cm³/mol. The molecule has 0 radical (unpaired) electrons. The van der Waals surface area contributed by atoms with Crippen molar-refractivity contribution in [2.75, 3.05) is 19.7 Å². The number of hydrogen-bond donors (Lipinski definition) is 10. The van der Waals surface area contributed by atoms with Crippen molar-refractivity contribution in [2.24, 2.45) is 27.9 Å². The van der Waals surface area contributed by atoms with Crippen LogP contribution in [0.5, 0.6) is 0 Å². The third-order valence-corrected chi connectivity index (χ3v) is 4.75. The maximum atomic E-state index is 12.6. The number of unbranched alkanes of at least 4 members (excludes halogenated alkanes) is 1. The van der Waals surface area contributed by atoms with Crippen LogP contribution in [0.1, 0.15) is 39.0 Å². The normalized spacial score (nSPS) is 15.2. The molecular weight excluding hydrogens is 452 g/mol. The van der Waals surface area contributed by atoms with E-state index >= 15 is 0 Å². The topological polar surface area (TPSA) is 282 Å². The lowest BCUT2D eigenvalue weighted by Gasteiger charge is -2.25. The van der Waals surface area contributed by atoms with Crippen LogP contribution in [0.15, 0.2) is 4.99 Å². The van der Waals surface area contributed by atoms with E-state index in [4.69, 9.17) is 28.0 Å². The molecule has 5 unspecified atom stereocenters. The van der Waals surface area contributed by atoms with Crippen LogP contribution in [0.25, 0.3) is 0 Å². The van der Waals surface area contributed by atoms with Crippen molar-refractivity contribution in [3.05, 3.63) is 0 Å². The Balaban J connectivity index is 5.14. The third kappa shape index (κ3) is 12.3. The van der Waals surface area contributed by atoms with Crippen LogP contribution in [0.3, 0.4) is 0 Å². The molecule has 14 N–H and O–H groups in total. The molecule has 0 aliphatic heterocycles. The van der Waals surface area contributed by atoms with E-state index < -0.39 is 60.6 Å². The first-order valence-corrected chi connectivity index (χ1v) is 10.9. The highest BCUT2D eigenvalue weighted by Gasteiger charge is 2.31. The molecule has 15 heteroatoms. The Kier molecular flexibility index (Phi) is 15.1. The highest BCUT2D eigenvalue weighted by atomic mass is 16.4. The van der Waals surface area contributed by atoms with Crippen molar-refractivity contribution in [2.45, 2.75) is 69.3 Å². The van der Waals surface area contributed by atoms with E-state index in [1.807, 2.05) is 0 Å². The first-order valence-electron chi connectivity index (χ1n) is 10.9. The number of carboxylic acids is 1. The van der Waals surface area contributed by atoms with Gasteiger partial charge in [0.15, 0.2) is 12.0 Å². The van der Waals surface area contributed by atoms with E-state index in [0.29, 0.717) is 25.8 Å². The SMILES string of the molecule is CC(O)C(NC(=O)C(CCCCN)NC(=O)C(CO)NC(=O)C(N)CCCN=C(N)N)C(=O)O. The average Bonchev–Trinajstić information content (AvgIpc) is 2.76. The Morgan fingerprint density at radius 1 is 0.912 bits per heavy atom. The van der Waals surface area contributed by atoms with E-state index in [1.165, 1.54) is 6.92 Å². The number of aliphatic imine (C=N–C) groups is 1. The maximum Gasteiger partial charge on any atom is 0.328 e. The molecule has 0 aromatic rings. The Hall–Kier alpha value is -3.01. The molecule has 5 atom stereocenters. The zero-order valence-corrected chi connectivity index (χ0v) is 19.3. The smallest absolute Gasteiger partial charge is 0.328 e. The standard InChI is InChI=1S/C19H38N8O7/c1-10(29)14(18(33)34)27-16(31)12(6-2-3-7-20)25-17(32)13(9-28)26-15(30)11(21)5-4-8-24-19(22)23/h10-14,28-29H,2-9,20-21H2,1H3,(H,25,32)(H,26,30)(H,27,31)(H,33,34)(H4,22,23,24). The van der Waals surface area contributed by atoms with Gasteiger partial charge in [0.25, 0.3) is 0 Å². The number of aliphatic hydroxyl groups is 2. The van der Waals surface area contributed by atoms with Gasteiger partial charge in [0.05, 0.1) is 18.8 Å². The quantitative estimate of drug-likeness (QED) is 0.0525. The van der Waals surface area contributed by atoms with Gasteiger partial charge in [-0.1, -0.05) is 0 Å². The van der Waals surface area contributed by atoms with Crippen LogP contribution in [0, 0.1) is 0 Å². The van der Waals surface area contributed by atoms with Gasteiger partial charge in [-0.25, -0.2) is 4.79 Å². The zero-order chi connectivity index (χ0) is 26.3. The molecule has 0 saturated heterocycles. The lowest BCUT2D eigenvalue weighted by Crippen LogP contribution is -2.59. The summed E-state index contributed by atoms with van der Waals surface area (Å²) in [6.45, 7) is 1.01. The third-order valence-electron chi connectivity index (χ3n) is 4.75. The summed E-state index contributed by atoms with van der Waals surface area (Å²) < 4.78 is 0. The molecule has 0 aliphatic carbocycles. The van der Waals surface area contributed by atoms with Crippen LogP contribution >= 0.6 is 0 Å². The molecule has 3 amide bonds. The first-order chi connectivity index (χ1) is 15.9. The van der Waals surface area contributed by atoms with Crippen molar-refractivity contribution in [1.82, 2.24) is 16.0 Å². The van der Waals surface area contributed by atoms with Gasteiger partial charge in [-0.05, 0) is 45.6 Å². The Morgan fingerprint density at radius 3 is 2.00 bits per heavy atom. The minimum absolute atomic E-state index is 0.0942. The Labute approximate surface area is 197 Å². The number of carbonyl (C=O) groups excluding carboxylic acids is 3. The molecule has 0 aromatic carbocycles. The highest BCUT2D eigenvalue weighted by Crippen LogP contribution is 2.04. The summed E-state index contributed by atoms with van der Waals surface area (Å²) in [6.07, 6.45) is 0.296. The van der Waals surface area contributed by atoms with E-state index in [-0.39, 0.29) is 25.3 Å². The second-order valence-corrected chi connectivity index (χ2v) is 7.71. The van der Waals surface area contributed by atoms with E-state index in [1.54, 1.807) is 0 Å². The number of aliphatic hydroxyl groups excluding tert-OH is 2. The molecular formula is C19H38N8O7. The fraction of sp³-hybridized carbons (Fsp3) is 0.737. The average molecular weight is 491 g/mol. The molecule has 0 bridgehead atoms. The molecule has 196 valence electrons. The van der Waals surface area contributed by atoms with Crippen LogP contribution in [-0.2, 0) is 19.2 Å². The molecule has 0 aromatic heterocycles. The van der Waals surface area contributed by atoms with Gasteiger partial charge >= 0.3 is 5.97 Å². The van der Waals surface area contributed by atoms with Crippen molar-refractivity contribution in [1.29, 1.82) is 0 Å². The minimum atomic E-state index is -1.59. The second-order valence-electron chi connectivity index (χ2n) is 7.71. The number of guanidine groups is 1. The molecule has 0 heterocycles. The molecule has 0 aliphatic rings. The van der Waals surface area contributed by atoms with Crippen molar-refractivity contribution in [3.8, 4) is 0 Å². The van der Waals surface area contributed by atoms with Crippen molar-refractivity contribution in [3.63, 3.8) is 0 Å². The molecule has 0 spiro atoms. The number of hydrogen-bond acceptors (Lipinski definition) is 9. The summed E-state index contributed by atoms with van der Waals surface area (Å²) in [6, 6.07) is -5.19. The van der Waals surface area contributed by atoms with Crippen molar-refractivity contribution < 1.29 is 34.5 Å². The summed E-state index contributed by atoms with van der Waals surface area (Å²) in [7, 11) is 0.